The number of nitrogens with one attached hydrogen (secondary N) is 1. The van der Waals surface area contributed by atoms with Gasteiger partial charge in [0.05, 0.1) is 71.7 Å². The summed E-state index contributed by atoms with van der Waals surface area (Å²) >= 11 is 3.46. The Kier molecular flexibility index (Phi) is 36.0. The van der Waals surface area contributed by atoms with Gasteiger partial charge >= 0.3 is 39.5 Å². The molecule has 112 heavy (non-hydrogen) atoms. The molecule has 0 unspecified atom stereocenters. The molecule has 13 rings (SSSR count). The van der Waals surface area contributed by atoms with Crippen molar-refractivity contribution >= 4 is 80.6 Å². The molecular formula is C91H115BBrN5O11PPdS+. The van der Waals surface area contributed by atoms with Gasteiger partial charge in [0.25, 0.3) is 10.1 Å². The van der Waals surface area contributed by atoms with E-state index in [1.54, 1.807) is 60.9 Å². The summed E-state index contributed by atoms with van der Waals surface area (Å²) in [5, 5.41) is 10.3. The van der Waals surface area contributed by atoms with E-state index in [0.29, 0.717) is 81.2 Å². The third-order valence-corrected chi connectivity index (χ3v) is 24.9. The van der Waals surface area contributed by atoms with Crippen molar-refractivity contribution < 1.29 is 71.2 Å². The number of rotatable bonds is 18. The van der Waals surface area contributed by atoms with Crippen LogP contribution < -0.4 is 14.8 Å². The number of halogens is 1. The molecule has 1 saturated heterocycles. The second-order valence-corrected chi connectivity index (χ2v) is 35.6. The second kappa shape index (κ2) is 43.5. The van der Waals surface area contributed by atoms with Crippen molar-refractivity contribution in [3.8, 4) is 33.8 Å². The molecule has 10 aromatic rings. The molecule has 4 aromatic heterocycles. The Morgan fingerprint density at radius 3 is 1.49 bits per heavy atom. The zero-order valence-corrected chi connectivity index (χ0v) is 72.1. The Balaban J connectivity index is 0.000000223. The molecule has 2 aliphatic carbocycles. The molecule has 16 nitrogen and oxygen atoms in total. The SMILES string of the molecule is C.C=C(C)B1OC(C)(C)C(C)(C)O1.C=C(C)c1c(OCc2ccccc2)ccc2c(C(=O)OC)cnn12.CC(C)c1cc(C(C)C)c(-c2ccccc2[PH+](C2CCCCC2)C2CCCCC2)c(C(C)C)c1.COC(=O)c1cnn2c(Br)c(OCc3ccccc3)ccc12.CS(=O)(=O)O.[NH-]c1ccccc1-c1[c-]cccc1.[Pd+2]. The molecule has 0 atom stereocenters. The molecule has 0 spiro atoms. The van der Waals surface area contributed by atoms with Crippen LogP contribution in [0.3, 0.4) is 0 Å². The molecule has 0 radical (unpaired) electrons. The maximum atomic E-state index is 11.8. The van der Waals surface area contributed by atoms with Gasteiger partial charge in [0.1, 0.15) is 40.4 Å². The van der Waals surface area contributed by atoms with E-state index in [9.17, 15) is 18.0 Å². The van der Waals surface area contributed by atoms with Crippen molar-refractivity contribution in [1.82, 2.24) is 19.2 Å². The van der Waals surface area contributed by atoms with Crippen LogP contribution >= 0.6 is 23.9 Å². The van der Waals surface area contributed by atoms with Crippen molar-refractivity contribution in [2.75, 3.05) is 20.5 Å². The van der Waals surface area contributed by atoms with Gasteiger partial charge in [0.2, 0.25) is 0 Å². The van der Waals surface area contributed by atoms with Gasteiger partial charge in [-0.1, -0.05) is 189 Å². The first-order valence-electron chi connectivity index (χ1n) is 38.0. The van der Waals surface area contributed by atoms with Gasteiger partial charge < -0.3 is 34.0 Å². The number of esters is 2. The number of aromatic nitrogens is 4. The fourth-order valence-corrected chi connectivity index (χ4v) is 18.7. The van der Waals surface area contributed by atoms with Crippen LogP contribution in [-0.4, -0.2) is 94.3 Å². The number of ether oxygens (including phenoxy) is 4. The number of fused-ring (bicyclic) bond motifs is 2. The average Bonchev–Trinajstić information content (AvgIpc) is 1.24. The Hall–Kier alpha value is -8.01. The predicted molar refractivity (Wildman–Crippen MR) is 463 cm³/mol. The van der Waals surface area contributed by atoms with Crippen molar-refractivity contribution in [3.63, 3.8) is 0 Å². The van der Waals surface area contributed by atoms with Gasteiger partial charge in [-0.15, -0.1) is 48.0 Å². The minimum absolute atomic E-state index is 0. The van der Waals surface area contributed by atoms with Crippen LogP contribution in [0.4, 0.5) is 5.69 Å². The fraction of sp³-hybridized carbons (Fsp3) is 0.385. The summed E-state index contributed by atoms with van der Waals surface area (Å²) in [6.07, 6.45) is 18.4. The second-order valence-electron chi connectivity index (χ2n) is 30.3. The topological polar surface area (TPSA) is 202 Å². The smallest absolute Gasteiger partial charge is 0.706 e. The van der Waals surface area contributed by atoms with E-state index in [1.165, 1.54) is 96.4 Å². The van der Waals surface area contributed by atoms with E-state index < -0.39 is 30.0 Å². The number of carbonyl (C=O) groups excluding carboxylic acids is 2. The molecule has 3 fully saturated rings. The number of allylic oxidation sites excluding steroid dienone is 2. The van der Waals surface area contributed by atoms with E-state index in [4.69, 9.17) is 38.5 Å². The Labute approximate surface area is 690 Å². The number of hydrogen-bond donors (Lipinski definition) is 1. The van der Waals surface area contributed by atoms with Crippen LogP contribution in [0.25, 0.3) is 44.6 Å². The van der Waals surface area contributed by atoms with Gasteiger partial charge in [-0.05, 0) is 196 Å². The van der Waals surface area contributed by atoms with Crippen molar-refractivity contribution in [2.24, 2.45) is 0 Å². The van der Waals surface area contributed by atoms with E-state index in [2.05, 4.69) is 123 Å². The summed E-state index contributed by atoms with van der Waals surface area (Å²) < 4.78 is 62.5. The van der Waals surface area contributed by atoms with E-state index in [-0.39, 0.29) is 46.2 Å². The number of pyridine rings is 2. The van der Waals surface area contributed by atoms with E-state index in [1.807, 2.05) is 151 Å². The van der Waals surface area contributed by atoms with Gasteiger partial charge in [-0.25, -0.2) is 18.6 Å². The molecule has 2 N–H and O–H groups in total. The minimum atomic E-state index is -3.67. The zero-order valence-electron chi connectivity index (χ0n) is 67.1. The first-order chi connectivity index (χ1) is 52.3. The first kappa shape index (κ1) is 92.9. The van der Waals surface area contributed by atoms with Crippen molar-refractivity contribution in [1.29, 1.82) is 0 Å². The molecule has 6 aromatic carbocycles. The monoisotopic (exact) mass is 1710 g/mol. The molecule has 1 aliphatic heterocycles. The summed E-state index contributed by atoms with van der Waals surface area (Å²) in [6.45, 7) is 35.0. The van der Waals surface area contributed by atoms with E-state index in [0.717, 1.165) is 50.3 Å². The first-order valence-corrected chi connectivity index (χ1v) is 42.3. The Morgan fingerprint density at radius 1 is 0.634 bits per heavy atom. The largest absolute Gasteiger partial charge is 2.00 e. The molecule has 2 saturated carbocycles. The Bertz CT molecular complexity index is 4740. The third-order valence-electron chi connectivity index (χ3n) is 20.2. The quantitative estimate of drug-likeness (QED) is 0.0212. The molecule has 0 bridgehead atoms. The fourth-order valence-electron chi connectivity index (χ4n) is 13.8. The molecule has 0 amide bonds. The van der Waals surface area contributed by atoms with Gasteiger partial charge in [-0.3, -0.25) is 4.55 Å². The normalized spacial score (nSPS) is 14.4. The Morgan fingerprint density at radius 2 is 1.06 bits per heavy atom. The molecule has 3 aliphatic rings. The van der Waals surface area contributed by atoms with Crippen LogP contribution in [0.1, 0.15) is 227 Å². The van der Waals surface area contributed by atoms with Crippen LogP contribution in [0, 0.1) is 6.07 Å². The summed E-state index contributed by atoms with van der Waals surface area (Å²) in [5.74, 6) is 2.13. The number of benzene rings is 6. The molecular weight excluding hydrogens is 1600 g/mol. The number of methoxy groups -OCH3 is 2. The van der Waals surface area contributed by atoms with Crippen LogP contribution in [-0.2, 0) is 62.5 Å². The summed E-state index contributed by atoms with van der Waals surface area (Å²) in [5.41, 5.74) is 26.2. The third kappa shape index (κ3) is 25.2. The van der Waals surface area contributed by atoms with Crippen molar-refractivity contribution in [2.45, 2.75) is 208 Å². The average molecular weight is 1720 g/mol. The predicted octanol–water partition coefficient (Wildman–Crippen LogP) is 23.6. The van der Waals surface area contributed by atoms with E-state index >= 15 is 0 Å². The van der Waals surface area contributed by atoms with Crippen LogP contribution in [0.2, 0.25) is 0 Å². The number of nitrogens with zero attached hydrogens (tertiary/aromatic N) is 4. The molecule has 5 heterocycles. The zero-order chi connectivity index (χ0) is 80.0. The molecule has 600 valence electrons. The molecule has 21 heteroatoms. The van der Waals surface area contributed by atoms with Crippen LogP contribution in [0.5, 0.6) is 11.5 Å². The maximum Gasteiger partial charge on any atom is 2.00 e. The van der Waals surface area contributed by atoms with Gasteiger partial charge in [0.15, 0.2) is 5.75 Å². The standard InChI is InChI=1S/C33H49P.C19H18N2O3.C16H13BrN2O3.C12H9N.C9H17BO2.CH4O3S.CH4.Pd/c1-23(2)26-21-30(24(3)4)33(31(22-26)25(5)6)29-19-13-14-20-32(29)34(27-15-9-7-10-16-27)28-17-11-8-12-18-28;1-13(2)18-17(24-12-14-7-5-4-6-8-14)10-9-16-15(19(22)23-3)11-20-21(16)18;1-21-16(20)12-9-18-19-13(12)7-8-14(15(19)17)22-10-11-5-3-2-4-6-11;13-12-9-5-4-8-11(12)10-6-2-1-3-7-10;1-7(2)10-11-8(3,4)9(5,6)12-10;1-5(2,3)4;;/h13-14,19-25,27-28H,7-12,15-18H2,1-6H3;4-11H,1,12H2,2-3H3;2-9H,10H2,1H3;1-6,8-9,13H;1H2,2-6H3;1H3,(H,2,3,4);1H4;/q;;;-2;;;;+2/p+1. The summed E-state index contributed by atoms with van der Waals surface area (Å²) in [7, 11) is -1.82. The maximum absolute atomic E-state index is 11.8. The number of hydrogen-bond acceptors (Lipinski definition) is 12. The van der Waals surface area contributed by atoms with Gasteiger partial charge in [-0.2, -0.15) is 24.3 Å². The minimum Gasteiger partial charge on any atom is -0.706 e. The number of carbonyl (C=O) groups is 2. The van der Waals surface area contributed by atoms with Crippen LogP contribution in [0.15, 0.2) is 205 Å². The van der Waals surface area contributed by atoms with Crippen molar-refractivity contribution in [3.05, 3.63) is 262 Å². The van der Waals surface area contributed by atoms with Gasteiger partial charge in [0, 0.05) is 13.5 Å². The summed E-state index contributed by atoms with van der Waals surface area (Å²) in [4.78, 5) is 23.5. The summed E-state index contributed by atoms with van der Waals surface area (Å²) in [6, 6.07) is 60.2.